The minimum absolute atomic E-state index is 0.110. The van der Waals surface area contributed by atoms with Gasteiger partial charge in [0.1, 0.15) is 6.23 Å². The summed E-state index contributed by atoms with van der Waals surface area (Å²) in [5.74, 6) is -1.56. The van der Waals surface area contributed by atoms with Crippen LogP contribution in [0.5, 0.6) is 0 Å². The maximum atomic E-state index is 13.0. The number of amides is 2. The molecule has 0 aromatic heterocycles. The van der Waals surface area contributed by atoms with Crippen LogP contribution >= 0.6 is 0 Å². The van der Waals surface area contributed by atoms with Gasteiger partial charge in [0.05, 0.1) is 18.0 Å². The summed E-state index contributed by atoms with van der Waals surface area (Å²) in [5, 5.41) is 5.08. The van der Waals surface area contributed by atoms with Gasteiger partial charge in [0.15, 0.2) is 0 Å². The predicted molar refractivity (Wildman–Crippen MR) is 120 cm³/mol. The highest BCUT2D eigenvalue weighted by Crippen LogP contribution is 2.22. The minimum Gasteiger partial charge on any atom is -0.360 e. The third-order valence-electron chi connectivity index (χ3n) is 5.20. The van der Waals surface area contributed by atoms with Crippen LogP contribution in [0.3, 0.4) is 0 Å². The lowest BCUT2D eigenvalue weighted by Gasteiger charge is -2.34. The highest BCUT2D eigenvalue weighted by molar-refractivity contribution is 7.89. The second-order valence-corrected chi connectivity index (χ2v) is 9.55. The van der Waals surface area contributed by atoms with Crippen molar-refractivity contribution in [1.82, 2.24) is 14.9 Å². The van der Waals surface area contributed by atoms with E-state index < -0.39 is 28.1 Å². The summed E-state index contributed by atoms with van der Waals surface area (Å²) in [6, 6.07) is 16.4. The number of ether oxygens (including phenoxy) is 1. The van der Waals surface area contributed by atoms with E-state index in [9.17, 15) is 18.0 Å². The summed E-state index contributed by atoms with van der Waals surface area (Å²) in [6.45, 7) is 2.80. The average Bonchev–Trinajstić information content (AvgIpc) is 2.81. The molecule has 0 radical (unpaired) electrons. The highest BCUT2D eigenvalue weighted by atomic mass is 32.2. The maximum Gasteiger partial charge on any atom is 0.309 e. The van der Waals surface area contributed by atoms with Crippen molar-refractivity contribution < 1.29 is 22.7 Å². The molecule has 2 amide bonds. The van der Waals surface area contributed by atoms with E-state index in [0.29, 0.717) is 26.0 Å². The van der Waals surface area contributed by atoms with Crippen molar-refractivity contribution in [1.29, 1.82) is 0 Å². The van der Waals surface area contributed by atoms with Crippen molar-refractivity contribution in [2.24, 2.45) is 0 Å². The number of hydrogen-bond acceptors (Lipinski definition) is 5. The van der Waals surface area contributed by atoms with Gasteiger partial charge >= 0.3 is 11.8 Å². The Morgan fingerprint density at radius 3 is 2.44 bits per heavy atom. The number of sulfonamides is 1. The fourth-order valence-corrected chi connectivity index (χ4v) is 4.99. The van der Waals surface area contributed by atoms with Crippen molar-refractivity contribution in [3.05, 3.63) is 65.7 Å². The van der Waals surface area contributed by atoms with Gasteiger partial charge in [-0.05, 0) is 43.9 Å². The second-order valence-electron chi connectivity index (χ2n) is 7.66. The zero-order chi connectivity index (χ0) is 23.0. The largest absolute Gasteiger partial charge is 0.360 e. The van der Waals surface area contributed by atoms with Crippen molar-refractivity contribution in [3.63, 3.8) is 0 Å². The first-order chi connectivity index (χ1) is 15.4. The molecule has 0 bridgehead atoms. The SMILES string of the molecule is Cc1ccc(S(=O)(=O)N2CCCO[C@@H]2CNC(=O)C(=O)NCCCc2ccccc2)cc1. The Bertz CT molecular complexity index is 1010. The number of carbonyl (C=O) groups excluding carboxylic acids is 2. The molecule has 1 atom stereocenters. The first-order valence-electron chi connectivity index (χ1n) is 10.7. The van der Waals surface area contributed by atoms with Crippen LogP contribution in [0.2, 0.25) is 0 Å². The number of aryl methyl sites for hydroxylation is 2. The molecule has 0 spiro atoms. The van der Waals surface area contributed by atoms with Gasteiger partial charge in [0.25, 0.3) is 0 Å². The van der Waals surface area contributed by atoms with Crippen LogP contribution in [0.15, 0.2) is 59.5 Å². The van der Waals surface area contributed by atoms with Gasteiger partial charge in [0, 0.05) is 13.1 Å². The molecule has 8 nitrogen and oxygen atoms in total. The maximum absolute atomic E-state index is 13.0. The summed E-state index contributed by atoms with van der Waals surface area (Å²) in [6.07, 6.45) is 1.18. The molecule has 3 rings (SSSR count). The van der Waals surface area contributed by atoms with Crippen LogP contribution in [-0.2, 0) is 30.8 Å². The molecule has 2 N–H and O–H groups in total. The van der Waals surface area contributed by atoms with Gasteiger partial charge in [0.2, 0.25) is 10.0 Å². The topological polar surface area (TPSA) is 105 Å². The van der Waals surface area contributed by atoms with Gasteiger partial charge in [-0.1, -0.05) is 48.0 Å². The number of hydrogen-bond donors (Lipinski definition) is 2. The van der Waals surface area contributed by atoms with Gasteiger partial charge in [-0.25, -0.2) is 8.42 Å². The van der Waals surface area contributed by atoms with Gasteiger partial charge in [-0.2, -0.15) is 4.31 Å². The van der Waals surface area contributed by atoms with Crippen molar-refractivity contribution in [3.8, 4) is 0 Å². The molecular formula is C23H29N3O5S. The zero-order valence-electron chi connectivity index (χ0n) is 18.1. The summed E-state index contributed by atoms with van der Waals surface area (Å²) in [7, 11) is -3.78. The van der Waals surface area contributed by atoms with E-state index in [-0.39, 0.29) is 18.0 Å². The summed E-state index contributed by atoms with van der Waals surface area (Å²) >= 11 is 0. The highest BCUT2D eigenvalue weighted by Gasteiger charge is 2.34. The van der Waals surface area contributed by atoms with Crippen LogP contribution < -0.4 is 10.6 Å². The Morgan fingerprint density at radius 2 is 1.72 bits per heavy atom. The normalized spacial score (nSPS) is 17.0. The van der Waals surface area contributed by atoms with E-state index in [1.807, 2.05) is 37.3 Å². The van der Waals surface area contributed by atoms with Crippen LogP contribution in [0.1, 0.15) is 24.0 Å². The molecule has 172 valence electrons. The molecule has 1 fully saturated rings. The Labute approximate surface area is 189 Å². The van der Waals surface area contributed by atoms with E-state index >= 15 is 0 Å². The summed E-state index contributed by atoms with van der Waals surface area (Å²) < 4.78 is 32.9. The predicted octanol–water partition coefficient (Wildman–Crippen LogP) is 1.60. The third kappa shape index (κ3) is 6.38. The van der Waals surface area contributed by atoms with E-state index in [2.05, 4.69) is 10.6 Å². The second kappa shape index (κ2) is 11.2. The fourth-order valence-electron chi connectivity index (χ4n) is 3.43. The lowest BCUT2D eigenvalue weighted by atomic mass is 10.1. The molecule has 1 aliphatic heterocycles. The van der Waals surface area contributed by atoms with Crippen LogP contribution in [0.25, 0.3) is 0 Å². The molecular weight excluding hydrogens is 430 g/mol. The molecule has 0 unspecified atom stereocenters. The molecule has 0 saturated carbocycles. The standard InChI is InChI=1S/C23H29N3O5S/c1-18-10-12-20(13-11-18)32(29,30)26-15-6-16-31-21(26)17-25-23(28)22(27)24-14-5-9-19-7-3-2-4-8-19/h2-4,7-8,10-13,21H,5-6,9,14-17H2,1H3,(H,24,27)(H,25,28)/t21-/m1/s1. The minimum atomic E-state index is -3.78. The summed E-state index contributed by atoms with van der Waals surface area (Å²) in [5.41, 5.74) is 2.12. The van der Waals surface area contributed by atoms with Crippen molar-refractivity contribution in [2.45, 2.75) is 37.3 Å². The number of nitrogens with one attached hydrogen (secondary N) is 2. The smallest absolute Gasteiger partial charge is 0.309 e. The monoisotopic (exact) mass is 459 g/mol. The number of carbonyl (C=O) groups is 2. The molecule has 9 heteroatoms. The number of rotatable bonds is 8. The van der Waals surface area contributed by atoms with E-state index in [1.165, 1.54) is 4.31 Å². The van der Waals surface area contributed by atoms with E-state index in [4.69, 9.17) is 4.74 Å². The number of benzene rings is 2. The first kappa shape index (κ1) is 23.9. The van der Waals surface area contributed by atoms with Crippen LogP contribution in [0.4, 0.5) is 0 Å². The Balaban J connectivity index is 1.49. The third-order valence-corrected chi connectivity index (χ3v) is 7.10. The Hall–Kier alpha value is -2.75. The van der Waals surface area contributed by atoms with E-state index in [1.54, 1.807) is 24.3 Å². The molecule has 2 aromatic carbocycles. The summed E-state index contributed by atoms with van der Waals surface area (Å²) in [4.78, 5) is 24.4. The zero-order valence-corrected chi connectivity index (χ0v) is 18.9. The molecule has 2 aromatic rings. The fraction of sp³-hybridized carbons (Fsp3) is 0.391. The van der Waals surface area contributed by atoms with Gasteiger partial charge < -0.3 is 15.4 Å². The van der Waals surface area contributed by atoms with Crippen LogP contribution in [-0.4, -0.2) is 57.0 Å². The van der Waals surface area contributed by atoms with Crippen molar-refractivity contribution >= 4 is 21.8 Å². The van der Waals surface area contributed by atoms with Crippen molar-refractivity contribution in [2.75, 3.05) is 26.2 Å². The lowest BCUT2D eigenvalue weighted by molar-refractivity contribution is -0.140. The van der Waals surface area contributed by atoms with Crippen LogP contribution in [0, 0.1) is 6.92 Å². The molecule has 1 saturated heterocycles. The molecule has 1 aliphatic rings. The first-order valence-corrected chi connectivity index (χ1v) is 12.1. The molecule has 0 aliphatic carbocycles. The average molecular weight is 460 g/mol. The molecule has 32 heavy (non-hydrogen) atoms. The Kier molecular flexibility index (Phi) is 8.38. The van der Waals surface area contributed by atoms with E-state index in [0.717, 1.165) is 17.5 Å². The van der Waals surface area contributed by atoms with Gasteiger partial charge in [-0.15, -0.1) is 0 Å². The number of nitrogens with zero attached hydrogens (tertiary/aromatic N) is 1. The Morgan fingerprint density at radius 1 is 1.03 bits per heavy atom. The quantitative estimate of drug-likeness (QED) is 0.461. The lowest BCUT2D eigenvalue weighted by Crippen LogP contribution is -2.53. The molecule has 1 heterocycles. The van der Waals surface area contributed by atoms with Gasteiger partial charge in [-0.3, -0.25) is 9.59 Å².